The number of hydrogen-bond donors (Lipinski definition) is 2. The van der Waals surface area contributed by atoms with Gasteiger partial charge in [-0.1, -0.05) is 0 Å². The largest absolute Gasteiger partial charge is 0.416 e. The minimum Gasteiger partial charge on any atom is -0.394 e. The van der Waals surface area contributed by atoms with Crippen LogP contribution in [-0.2, 0) is 12.4 Å². The third kappa shape index (κ3) is 4.36. The number of nitrogens with zero attached hydrogens (tertiary/aromatic N) is 1. The third-order valence-corrected chi connectivity index (χ3v) is 3.76. The molecule has 0 amide bonds. The molecule has 9 heteroatoms. The fourth-order valence-corrected chi connectivity index (χ4v) is 2.60. The summed E-state index contributed by atoms with van der Waals surface area (Å²) < 4.78 is 77.4. The lowest BCUT2D eigenvalue weighted by molar-refractivity contribution is -0.143. The zero-order valence-electron chi connectivity index (χ0n) is 12.0. The molecule has 1 saturated heterocycles. The molecule has 0 bridgehead atoms. The van der Waals surface area contributed by atoms with Gasteiger partial charge < -0.3 is 10.4 Å². The van der Waals surface area contributed by atoms with E-state index in [0.717, 1.165) is 0 Å². The third-order valence-electron chi connectivity index (χ3n) is 3.76. The molecule has 1 aromatic rings. The normalized spacial score (nSPS) is 18.9. The SMILES string of the molecule is OC[C@@H](c1cc(C(F)(F)F)cc(C(F)(F)F)c1)N1CCNCC1. The van der Waals surface area contributed by atoms with Gasteiger partial charge in [0.2, 0.25) is 0 Å². The van der Waals surface area contributed by atoms with Crippen LogP contribution < -0.4 is 5.32 Å². The quantitative estimate of drug-likeness (QED) is 0.829. The highest BCUT2D eigenvalue weighted by Crippen LogP contribution is 2.38. The van der Waals surface area contributed by atoms with E-state index in [-0.39, 0.29) is 11.6 Å². The number of rotatable bonds is 3. The van der Waals surface area contributed by atoms with E-state index in [1.165, 1.54) is 0 Å². The summed E-state index contributed by atoms with van der Waals surface area (Å²) >= 11 is 0. The van der Waals surface area contributed by atoms with Crippen LogP contribution in [0.5, 0.6) is 0 Å². The molecule has 130 valence electrons. The van der Waals surface area contributed by atoms with Crippen LogP contribution in [-0.4, -0.2) is 42.8 Å². The standard InChI is InChI=1S/C14H16F6N2O/c15-13(16,17)10-5-9(6-11(7-10)14(18,19)20)12(8-23)22-3-1-21-2-4-22/h5-7,12,21,23H,1-4,8H2/t12-/m0/s1. The van der Waals surface area contributed by atoms with Crippen LogP contribution in [0.3, 0.4) is 0 Å². The van der Waals surface area contributed by atoms with Crippen LogP contribution in [0.4, 0.5) is 26.3 Å². The highest BCUT2D eigenvalue weighted by atomic mass is 19.4. The van der Waals surface area contributed by atoms with Gasteiger partial charge in [0, 0.05) is 26.2 Å². The van der Waals surface area contributed by atoms with Gasteiger partial charge in [-0.3, -0.25) is 4.90 Å². The topological polar surface area (TPSA) is 35.5 Å². The molecule has 0 spiro atoms. The number of benzene rings is 1. The molecule has 1 aliphatic rings. The van der Waals surface area contributed by atoms with Gasteiger partial charge in [0.1, 0.15) is 0 Å². The first-order valence-electron chi connectivity index (χ1n) is 6.98. The molecule has 1 atom stereocenters. The predicted octanol–water partition coefficient (Wildman–Crippen LogP) is 2.66. The summed E-state index contributed by atoms with van der Waals surface area (Å²) in [4.78, 5) is 1.67. The summed E-state index contributed by atoms with van der Waals surface area (Å²) in [5, 5.41) is 12.5. The Morgan fingerprint density at radius 1 is 0.957 bits per heavy atom. The molecule has 1 aliphatic heterocycles. The number of aliphatic hydroxyl groups excluding tert-OH is 1. The van der Waals surface area contributed by atoms with Crippen LogP contribution in [0.2, 0.25) is 0 Å². The van der Waals surface area contributed by atoms with Crippen molar-refractivity contribution in [3.8, 4) is 0 Å². The minimum atomic E-state index is -4.89. The van der Waals surface area contributed by atoms with Crippen molar-refractivity contribution >= 4 is 0 Å². The molecule has 0 unspecified atom stereocenters. The van der Waals surface area contributed by atoms with Crippen molar-refractivity contribution in [2.45, 2.75) is 18.4 Å². The van der Waals surface area contributed by atoms with Crippen molar-refractivity contribution in [1.29, 1.82) is 0 Å². The van der Waals surface area contributed by atoms with Gasteiger partial charge in [-0.2, -0.15) is 26.3 Å². The monoisotopic (exact) mass is 342 g/mol. The maximum Gasteiger partial charge on any atom is 0.416 e. The highest BCUT2D eigenvalue weighted by Gasteiger charge is 2.38. The first-order chi connectivity index (χ1) is 10.6. The summed E-state index contributed by atoms with van der Waals surface area (Å²) in [6, 6.07) is 0.548. The van der Waals surface area contributed by atoms with Gasteiger partial charge in [-0.25, -0.2) is 0 Å². The molecule has 1 fully saturated rings. The van der Waals surface area contributed by atoms with E-state index < -0.39 is 36.1 Å². The van der Waals surface area contributed by atoms with Crippen molar-refractivity contribution in [3.05, 3.63) is 34.9 Å². The Morgan fingerprint density at radius 3 is 1.83 bits per heavy atom. The zero-order chi connectivity index (χ0) is 17.3. The van der Waals surface area contributed by atoms with Crippen molar-refractivity contribution in [3.63, 3.8) is 0 Å². The van der Waals surface area contributed by atoms with Crippen molar-refractivity contribution in [2.75, 3.05) is 32.8 Å². The number of aliphatic hydroxyl groups is 1. The summed E-state index contributed by atoms with van der Waals surface area (Å²) in [6.07, 6.45) is -9.78. The van der Waals surface area contributed by atoms with E-state index in [4.69, 9.17) is 0 Å². The van der Waals surface area contributed by atoms with Gasteiger partial charge in [0.05, 0.1) is 23.8 Å². The van der Waals surface area contributed by atoms with Gasteiger partial charge >= 0.3 is 12.4 Å². The second-order valence-corrected chi connectivity index (χ2v) is 5.32. The molecule has 0 aliphatic carbocycles. The van der Waals surface area contributed by atoms with Crippen LogP contribution in [0.1, 0.15) is 22.7 Å². The molecule has 1 aromatic carbocycles. The zero-order valence-corrected chi connectivity index (χ0v) is 12.0. The Kier molecular flexibility index (Phi) is 5.22. The first kappa shape index (κ1) is 18.0. The number of nitrogens with one attached hydrogen (secondary N) is 1. The second kappa shape index (κ2) is 6.66. The summed E-state index contributed by atoms with van der Waals surface area (Å²) in [6.45, 7) is 1.42. The van der Waals surface area contributed by atoms with E-state index in [1.807, 2.05) is 0 Å². The molecular formula is C14H16F6N2O. The minimum absolute atomic E-state index is 0.0929. The summed E-state index contributed by atoms with van der Waals surface area (Å²) in [5.74, 6) is 0. The molecule has 2 rings (SSSR count). The lowest BCUT2D eigenvalue weighted by Gasteiger charge is -2.34. The van der Waals surface area contributed by atoms with Crippen LogP contribution >= 0.6 is 0 Å². The first-order valence-corrected chi connectivity index (χ1v) is 6.98. The van der Waals surface area contributed by atoms with Crippen molar-refractivity contribution in [2.24, 2.45) is 0 Å². The average molecular weight is 342 g/mol. The van der Waals surface area contributed by atoms with Crippen LogP contribution in [0.15, 0.2) is 18.2 Å². The maximum atomic E-state index is 12.9. The smallest absolute Gasteiger partial charge is 0.394 e. The fraction of sp³-hybridized carbons (Fsp3) is 0.571. The molecule has 2 N–H and O–H groups in total. The van der Waals surface area contributed by atoms with Gasteiger partial charge in [0.15, 0.2) is 0 Å². The molecule has 0 saturated carbocycles. The lowest BCUT2D eigenvalue weighted by Crippen LogP contribution is -2.46. The van der Waals surface area contributed by atoms with Gasteiger partial charge in [0.25, 0.3) is 0 Å². The molecule has 3 nitrogen and oxygen atoms in total. The van der Waals surface area contributed by atoms with Crippen LogP contribution in [0, 0.1) is 0 Å². The van der Waals surface area contributed by atoms with E-state index in [2.05, 4.69) is 5.32 Å². The molecule has 23 heavy (non-hydrogen) atoms. The lowest BCUT2D eigenvalue weighted by atomic mass is 9.98. The van der Waals surface area contributed by atoms with E-state index in [0.29, 0.717) is 38.3 Å². The van der Waals surface area contributed by atoms with E-state index in [9.17, 15) is 31.4 Å². The Hall–Kier alpha value is -1.32. The Morgan fingerprint density at radius 2 is 1.43 bits per heavy atom. The molecule has 0 radical (unpaired) electrons. The van der Waals surface area contributed by atoms with Crippen LogP contribution in [0.25, 0.3) is 0 Å². The fourth-order valence-electron chi connectivity index (χ4n) is 2.60. The van der Waals surface area contributed by atoms with Gasteiger partial charge in [-0.15, -0.1) is 0 Å². The molecular weight excluding hydrogens is 326 g/mol. The number of piperazine rings is 1. The number of halogens is 6. The molecule has 1 heterocycles. The maximum absolute atomic E-state index is 12.9. The number of hydrogen-bond acceptors (Lipinski definition) is 3. The summed E-state index contributed by atoms with van der Waals surface area (Å²) in [5.41, 5.74) is -2.91. The predicted molar refractivity (Wildman–Crippen MR) is 70.7 cm³/mol. The average Bonchev–Trinajstić information content (AvgIpc) is 2.47. The van der Waals surface area contributed by atoms with E-state index >= 15 is 0 Å². The Balaban J connectivity index is 2.46. The van der Waals surface area contributed by atoms with Crippen molar-refractivity contribution in [1.82, 2.24) is 10.2 Å². The summed E-state index contributed by atoms with van der Waals surface area (Å²) in [7, 11) is 0. The van der Waals surface area contributed by atoms with E-state index in [1.54, 1.807) is 4.90 Å². The highest BCUT2D eigenvalue weighted by molar-refractivity contribution is 5.35. The number of alkyl halides is 6. The Bertz CT molecular complexity index is 505. The Labute approximate surface area is 128 Å². The molecule has 0 aromatic heterocycles. The van der Waals surface area contributed by atoms with Gasteiger partial charge in [-0.05, 0) is 23.8 Å². The second-order valence-electron chi connectivity index (χ2n) is 5.32. The van der Waals surface area contributed by atoms with Crippen molar-refractivity contribution < 1.29 is 31.4 Å².